The van der Waals surface area contributed by atoms with Crippen molar-refractivity contribution in [3.05, 3.63) is 71.3 Å². The zero-order valence-electron chi connectivity index (χ0n) is 10.1. The number of hydrogen-bond donors (Lipinski definition) is 1. The van der Waals surface area contributed by atoms with Crippen LogP contribution in [0.15, 0.2) is 48.5 Å². The Bertz CT molecular complexity index is 489. The number of benzene rings is 2. The molecule has 0 aliphatic heterocycles. The van der Waals surface area contributed by atoms with Crippen molar-refractivity contribution in [2.24, 2.45) is 0 Å². The maximum Gasteiger partial charge on any atom is 0.123 e. The van der Waals surface area contributed by atoms with Crippen molar-refractivity contribution in [3.8, 4) is 0 Å². The second kappa shape index (κ2) is 5.45. The SMILES string of the molecule is OC(CCF)(c1ccc(F)cc1)c1ccc(F)cc1. The highest BCUT2D eigenvalue weighted by atomic mass is 19.1. The maximum absolute atomic E-state index is 12.9. The van der Waals surface area contributed by atoms with Crippen LogP contribution >= 0.6 is 0 Å². The smallest absolute Gasteiger partial charge is 0.123 e. The van der Waals surface area contributed by atoms with Crippen LogP contribution in [0.4, 0.5) is 13.2 Å². The Labute approximate surface area is 109 Å². The summed E-state index contributed by atoms with van der Waals surface area (Å²) in [6.07, 6.45) is -0.176. The summed E-state index contributed by atoms with van der Waals surface area (Å²) in [5.41, 5.74) is -0.841. The molecule has 2 aromatic rings. The van der Waals surface area contributed by atoms with E-state index in [1.807, 2.05) is 0 Å². The predicted molar refractivity (Wildman–Crippen MR) is 66.4 cm³/mol. The zero-order valence-corrected chi connectivity index (χ0v) is 10.1. The highest BCUT2D eigenvalue weighted by Crippen LogP contribution is 2.33. The quantitative estimate of drug-likeness (QED) is 0.897. The summed E-state index contributed by atoms with van der Waals surface area (Å²) in [5.74, 6) is -0.879. The van der Waals surface area contributed by atoms with Crippen LogP contribution in [0.25, 0.3) is 0 Å². The van der Waals surface area contributed by atoms with Gasteiger partial charge in [-0.1, -0.05) is 24.3 Å². The molecule has 1 N–H and O–H groups in total. The van der Waals surface area contributed by atoms with Gasteiger partial charge in [0.1, 0.15) is 17.2 Å². The molecule has 2 rings (SSSR count). The molecule has 0 aliphatic rings. The third-order valence-corrected chi connectivity index (χ3v) is 3.10. The first-order valence-electron chi connectivity index (χ1n) is 5.87. The van der Waals surface area contributed by atoms with Crippen molar-refractivity contribution >= 4 is 0 Å². The lowest BCUT2D eigenvalue weighted by Gasteiger charge is -2.28. The van der Waals surface area contributed by atoms with Crippen LogP contribution in [0.5, 0.6) is 0 Å². The minimum Gasteiger partial charge on any atom is -0.380 e. The Balaban J connectivity index is 2.47. The average Bonchev–Trinajstić information content (AvgIpc) is 2.40. The van der Waals surface area contributed by atoms with E-state index in [1.54, 1.807) is 0 Å². The number of rotatable bonds is 4. The molecule has 0 saturated heterocycles. The van der Waals surface area contributed by atoms with Crippen LogP contribution in [0.1, 0.15) is 17.5 Å². The summed E-state index contributed by atoms with van der Waals surface area (Å²) < 4.78 is 38.5. The summed E-state index contributed by atoms with van der Waals surface area (Å²) >= 11 is 0. The maximum atomic E-state index is 12.9. The lowest BCUT2D eigenvalue weighted by molar-refractivity contribution is 0.0632. The van der Waals surface area contributed by atoms with Crippen molar-refractivity contribution in [2.45, 2.75) is 12.0 Å². The molecule has 1 nitrogen and oxygen atoms in total. The first-order chi connectivity index (χ1) is 9.06. The van der Waals surface area contributed by atoms with Gasteiger partial charge in [-0.05, 0) is 35.4 Å². The Kier molecular flexibility index (Phi) is 3.90. The summed E-state index contributed by atoms with van der Waals surface area (Å²) in [6, 6.07) is 10.4. The first-order valence-corrected chi connectivity index (χ1v) is 5.87. The molecule has 100 valence electrons. The highest BCUT2D eigenvalue weighted by molar-refractivity contribution is 5.36. The van der Waals surface area contributed by atoms with Crippen LogP contribution in [0, 0.1) is 11.6 Å². The van der Waals surface area contributed by atoms with E-state index in [1.165, 1.54) is 48.5 Å². The minimum atomic E-state index is -1.59. The van der Waals surface area contributed by atoms with Gasteiger partial charge in [0.25, 0.3) is 0 Å². The monoisotopic (exact) mass is 266 g/mol. The minimum absolute atomic E-state index is 0.176. The molecule has 0 atom stereocenters. The summed E-state index contributed by atoms with van der Waals surface area (Å²) in [5, 5.41) is 10.7. The Hall–Kier alpha value is -1.81. The topological polar surface area (TPSA) is 20.2 Å². The van der Waals surface area contributed by atoms with Crippen LogP contribution in [0.2, 0.25) is 0 Å². The van der Waals surface area contributed by atoms with Gasteiger partial charge in [-0.3, -0.25) is 4.39 Å². The molecule has 0 unspecified atom stereocenters. The Morgan fingerprint density at radius 2 is 1.16 bits per heavy atom. The molecule has 0 bridgehead atoms. The van der Waals surface area contributed by atoms with E-state index in [9.17, 15) is 18.3 Å². The lowest BCUT2D eigenvalue weighted by Crippen LogP contribution is -2.28. The standard InChI is InChI=1S/C15H13F3O/c16-10-9-15(19,11-1-5-13(17)6-2-11)12-3-7-14(18)8-4-12/h1-8,19H,9-10H2. The van der Waals surface area contributed by atoms with E-state index in [0.717, 1.165) is 0 Å². The van der Waals surface area contributed by atoms with Gasteiger partial charge in [0.2, 0.25) is 0 Å². The zero-order chi connectivity index (χ0) is 13.9. The lowest BCUT2D eigenvalue weighted by atomic mass is 9.84. The van der Waals surface area contributed by atoms with Crippen molar-refractivity contribution in [1.82, 2.24) is 0 Å². The molecule has 0 aliphatic carbocycles. The van der Waals surface area contributed by atoms with E-state index in [-0.39, 0.29) is 6.42 Å². The third kappa shape index (κ3) is 2.79. The van der Waals surface area contributed by atoms with Gasteiger partial charge in [0, 0.05) is 6.42 Å². The van der Waals surface area contributed by atoms with E-state index in [2.05, 4.69) is 0 Å². The van der Waals surface area contributed by atoms with Crippen LogP contribution in [-0.2, 0) is 5.60 Å². The summed E-state index contributed by atoms with van der Waals surface area (Å²) in [4.78, 5) is 0. The van der Waals surface area contributed by atoms with Gasteiger partial charge in [-0.15, -0.1) is 0 Å². The largest absolute Gasteiger partial charge is 0.380 e. The highest BCUT2D eigenvalue weighted by Gasteiger charge is 2.31. The van der Waals surface area contributed by atoms with E-state index < -0.39 is 23.9 Å². The molecular formula is C15H13F3O. The molecular weight excluding hydrogens is 253 g/mol. The second-order valence-electron chi connectivity index (χ2n) is 4.31. The first kappa shape index (κ1) is 13.6. The predicted octanol–water partition coefficient (Wildman–Crippen LogP) is 3.56. The van der Waals surface area contributed by atoms with Gasteiger partial charge in [-0.25, -0.2) is 8.78 Å². The van der Waals surface area contributed by atoms with Crippen molar-refractivity contribution < 1.29 is 18.3 Å². The molecule has 19 heavy (non-hydrogen) atoms. The van der Waals surface area contributed by atoms with Crippen molar-refractivity contribution in [1.29, 1.82) is 0 Å². The summed E-state index contributed by atoms with van der Waals surface area (Å²) in [7, 11) is 0. The third-order valence-electron chi connectivity index (χ3n) is 3.10. The molecule has 0 aromatic heterocycles. The fourth-order valence-corrected chi connectivity index (χ4v) is 2.04. The van der Waals surface area contributed by atoms with E-state index in [0.29, 0.717) is 11.1 Å². The van der Waals surface area contributed by atoms with Gasteiger partial charge in [0.05, 0.1) is 6.67 Å². The van der Waals surface area contributed by atoms with Crippen LogP contribution in [0.3, 0.4) is 0 Å². The number of alkyl halides is 1. The molecule has 0 heterocycles. The Morgan fingerprint density at radius 1 is 0.789 bits per heavy atom. The fourth-order valence-electron chi connectivity index (χ4n) is 2.04. The molecule has 0 spiro atoms. The van der Waals surface area contributed by atoms with E-state index >= 15 is 0 Å². The molecule has 0 radical (unpaired) electrons. The molecule has 4 heteroatoms. The van der Waals surface area contributed by atoms with Crippen LogP contribution < -0.4 is 0 Å². The van der Waals surface area contributed by atoms with E-state index in [4.69, 9.17) is 0 Å². The normalized spacial score (nSPS) is 11.6. The molecule has 2 aromatic carbocycles. The van der Waals surface area contributed by atoms with Gasteiger partial charge >= 0.3 is 0 Å². The van der Waals surface area contributed by atoms with Crippen LogP contribution in [-0.4, -0.2) is 11.8 Å². The fraction of sp³-hybridized carbons (Fsp3) is 0.200. The Morgan fingerprint density at radius 3 is 1.47 bits per heavy atom. The van der Waals surface area contributed by atoms with Crippen molar-refractivity contribution in [3.63, 3.8) is 0 Å². The number of aliphatic hydroxyl groups is 1. The molecule has 0 saturated carbocycles. The number of hydrogen-bond acceptors (Lipinski definition) is 1. The summed E-state index contributed by atoms with van der Waals surface area (Å²) in [6.45, 7) is -0.745. The van der Waals surface area contributed by atoms with Gasteiger partial charge < -0.3 is 5.11 Å². The molecule has 0 amide bonds. The second-order valence-corrected chi connectivity index (χ2v) is 4.31. The molecule has 0 fully saturated rings. The number of halogens is 3. The average molecular weight is 266 g/mol. The van der Waals surface area contributed by atoms with Gasteiger partial charge in [0.15, 0.2) is 0 Å². The van der Waals surface area contributed by atoms with Gasteiger partial charge in [-0.2, -0.15) is 0 Å². The van der Waals surface area contributed by atoms with Crippen molar-refractivity contribution in [2.75, 3.05) is 6.67 Å².